The number of carbonyl (C=O) groups excluding carboxylic acids is 1. The number of ether oxygens (including phenoxy) is 1. The fourth-order valence-corrected chi connectivity index (χ4v) is 2.54. The maximum atomic E-state index is 12.3. The van der Waals surface area contributed by atoms with E-state index in [2.05, 4.69) is 15.5 Å². The number of nitrogens with one attached hydrogen (secondary N) is 1. The summed E-state index contributed by atoms with van der Waals surface area (Å²) in [6, 6.07) is 10.6. The quantitative estimate of drug-likeness (QED) is 0.616. The van der Waals surface area contributed by atoms with Crippen LogP contribution in [0.5, 0.6) is 5.75 Å². The van der Waals surface area contributed by atoms with Crippen molar-refractivity contribution in [3.8, 4) is 5.75 Å². The molecule has 0 atom stereocenters. The number of nitrogens with zero attached hydrogens (tertiary/aromatic N) is 4. The molecule has 3 rings (SSSR count). The van der Waals surface area contributed by atoms with Gasteiger partial charge in [0.1, 0.15) is 11.4 Å². The highest BCUT2D eigenvalue weighted by atomic mass is 35.5. The average molecular weight is 374 g/mol. The number of amides is 1. The summed E-state index contributed by atoms with van der Waals surface area (Å²) in [6.07, 6.45) is 4.30. The minimum atomic E-state index is -0.182. The summed E-state index contributed by atoms with van der Waals surface area (Å²) in [5.74, 6) is 0.477. The van der Waals surface area contributed by atoms with Crippen molar-refractivity contribution in [2.24, 2.45) is 0 Å². The second kappa shape index (κ2) is 8.53. The molecule has 1 amide bonds. The van der Waals surface area contributed by atoms with Crippen LogP contribution in [0.3, 0.4) is 0 Å². The van der Waals surface area contributed by atoms with E-state index in [9.17, 15) is 4.79 Å². The molecule has 0 fully saturated rings. The van der Waals surface area contributed by atoms with Gasteiger partial charge in [-0.2, -0.15) is 10.2 Å². The normalized spacial score (nSPS) is 10.7. The van der Waals surface area contributed by atoms with E-state index in [-0.39, 0.29) is 12.6 Å². The first-order valence-electron chi connectivity index (χ1n) is 8.30. The molecule has 2 heterocycles. The molecule has 0 saturated heterocycles. The van der Waals surface area contributed by atoms with Crippen LogP contribution >= 0.6 is 11.6 Å². The number of hydrogen-bond acceptors (Lipinski definition) is 4. The van der Waals surface area contributed by atoms with Crippen molar-refractivity contribution >= 4 is 17.5 Å². The lowest BCUT2D eigenvalue weighted by molar-refractivity contribution is 0.0931. The number of benzene rings is 1. The lowest BCUT2D eigenvalue weighted by Gasteiger charge is -2.10. The first kappa shape index (κ1) is 18.0. The summed E-state index contributed by atoms with van der Waals surface area (Å²) in [4.78, 5) is 12.3. The van der Waals surface area contributed by atoms with Crippen LogP contribution in [0.15, 0.2) is 48.8 Å². The maximum Gasteiger partial charge on any atom is 0.269 e. The van der Waals surface area contributed by atoms with Gasteiger partial charge < -0.3 is 10.1 Å². The predicted molar refractivity (Wildman–Crippen MR) is 98.2 cm³/mol. The number of hydrogen-bond donors (Lipinski definition) is 1. The lowest BCUT2D eigenvalue weighted by Crippen LogP contribution is -2.28. The molecule has 0 spiro atoms. The van der Waals surface area contributed by atoms with Gasteiger partial charge in [-0.1, -0.05) is 11.6 Å². The van der Waals surface area contributed by atoms with E-state index in [1.165, 1.54) is 4.68 Å². The van der Waals surface area contributed by atoms with Crippen LogP contribution in [-0.4, -0.2) is 32.0 Å². The topological polar surface area (TPSA) is 74.0 Å². The average Bonchev–Trinajstić information content (AvgIpc) is 3.27. The molecule has 0 unspecified atom stereocenters. The third kappa shape index (κ3) is 4.86. The van der Waals surface area contributed by atoms with Crippen molar-refractivity contribution in [1.82, 2.24) is 24.9 Å². The summed E-state index contributed by atoms with van der Waals surface area (Å²) >= 11 is 5.85. The summed E-state index contributed by atoms with van der Waals surface area (Å²) in [5, 5.41) is 12.0. The van der Waals surface area contributed by atoms with Crippen molar-refractivity contribution in [2.75, 3.05) is 6.54 Å². The Kier molecular flexibility index (Phi) is 5.91. The fraction of sp³-hybridized carbons (Fsp3) is 0.278. The van der Waals surface area contributed by atoms with Gasteiger partial charge in [0.2, 0.25) is 0 Å². The summed E-state index contributed by atoms with van der Waals surface area (Å²) in [7, 11) is 0. The van der Waals surface area contributed by atoms with E-state index in [1.807, 2.05) is 23.9 Å². The van der Waals surface area contributed by atoms with E-state index in [0.717, 1.165) is 18.7 Å². The third-order valence-corrected chi connectivity index (χ3v) is 3.99. The van der Waals surface area contributed by atoms with Crippen LogP contribution in [0.1, 0.15) is 22.6 Å². The Labute approximate surface area is 156 Å². The smallest absolute Gasteiger partial charge is 0.269 e. The molecule has 136 valence electrons. The maximum absolute atomic E-state index is 12.3. The fourth-order valence-electron chi connectivity index (χ4n) is 2.42. The molecule has 0 bridgehead atoms. The molecule has 0 radical (unpaired) electrons. The number of aryl methyl sites for hydroxylation is 2. The summed E-state index contributed by atoms with van der Waals surface area (Å²) < 4.78 is 9.01. The van der Waals surface area contributed by atoms with Crippen LogP contribution < -0.4 is 10.1 Å². The van der Waals surface area contributed by atoms with E-state index in [1.54, 1.807) is 36.5 Å². The molecule has 3 aromatic rings. The molecule has 8 heteroatoms. The number of carbonyl (C=O) groups is 1. The standard InChI is InChI=1S/C18H20ClN5O2/c1-14-8-12-23(22-14)11-2-9-20-18(25)17-7-10-21-24(17)13-26-16-5-3-15(19)4-6-16/h3-8,10,12H,2,9,11,13H2,1H3,(H,20,25). The number of aromatic nitrogens is 4. The highest BCUT2D eigenvalue weighted by Gasteiger charge is 2.12. The zero-order valence-corrected chi connectivity index (χ0v) is 15.2. The second-order valence-electron chi connectivity index (χ2n) is 5.77. The molecule has 0 aliphatic heterocycles. The zero-order chi connectivity index (χ0) is 18.4. The van der Waals surface area contributed by atoms with Crippen molar-refractivity contribution in [1.29, 1.82) is 0 Å². The van der Waals surface area contributed by atoms with Gasteiger partial charge in [0.05, 0.1) is 5.69 Å². The van der Waals surface area contributed by atoms with Crippen molar-refractivity contribution < 1.29 is 9.53 Å². The SMILES string of the molecule is Cc1ccn(CCCNC(=O)c2ccnn2COc2ccc(Cl)cc2)n1. The predicted octanol–water partition coefficient (Wildman–Crippen LogP) is 2.90. The summed E-state index contributed by atoms with van der Waals surface area (Å²) in [5.41, 5.74) is 1.44. The highest BCUT2D eigenvalue weighted by Crippen LogP contribution is 2.16. The molecule has 7 nitrogen and oxygen atoms in total. The Morgan fingerprint density at radius 2 is 2.04 bits per heavy atom. The van der Waals surface area contributed by atoms with Gasteiger partial charge in [-0.15, -0.1) is 0 Å². The van der Waals surface area contributed by atoms with Gasteiger partial charge in [0.15, 0.2) is 6.73 Å². The van der Waals surface area contributed by atoms with E-state index in [4.69, 9.17) is 16.3 Å². The Morgan fingerprint density at radius 1 is 1.23 bits per heavy atom. The minimum Gasteiger partial charge on any atom is -0.471 e. The molecule has 2 aromatic heterocycles. The molecular weight excluding hydrogens is 354 g/mol. The molecule has 0 aliphatic carbocycles. The largest absolute Gasteiger partial charge is 0.471 e. The van der Waals surface area contributed by atoms with Crippen LogP contribution in [0.4, 0.5) is 0 Å². The third-order valence-electron chi connectivity index (χ3n) is 3.74. The van der Waals surface area contributed by atoms with Gasteiger partial charge in [-0.3, -0.25) is 9.48 Å². The van der Waals surface area contributed by atoms with Crippen molar-refractivity contribution in [3.05, 3.63) is 65.2 Å². The molecule has 0 aliphatic rings. The first-order valence-corrected chi connectivity index (χ1v) is 8.68. The van der Waals surface area contributed by atoms with Crippen LogP contribution in [0.2, 0.25) is 5.02 Å². The highest BCUT2D eigenvalue weighted by molar-refractivity contribution is 6.30. The van der Waals surface area contributed by atoms with Crippen LogP contribution in [-0.2, 0) is 13.3 Å². The first-order chi connectivity index (χ1) is 12.6. The van der Waals surface area contributed by atoms with E-state index in [0.29, 0.717) is 23.0 Å². The molecule has 1 N–H and O–H groups in total. The van der Waals surface area contributed by atoms with Crippen molar-refractivity contribution in [2.45, 2.75) is 26.6 Å². The van der Waals surface area contributed by atoms with Gasteiger partial charge in [-0.25, -0.2) is 4.68 Å². The lowest BCUT2D eigenvalue weighted by atomic mass is 10.3. The van der Waals surface area contributed by atoms with Gasteiger partial charge >= 0.3 is 0 Å². The number of rotatable bonds is 8. The zero-order valence-electron chi connectivity index (χ0n) is 14.4. The Bertz CT molecular complexity index is 857. The van der Waals surface area contributed by atoms with E-state index < -0.39 is 0 Å². The Balaban J connectivity index is 1.47. The minimum absolute atomic E-state index is 0.143. The summed E-state index contributed by atoms with van der Waals surface area (Å²) in [6.45, 7) is 3.41. The second-order valence-corrected chi connectivity index (χ2v) is 6.21. The number of halogens is 1. The molecule has 1 aromatic carbocycles. The van der Waals surface area contributed by atoms with E-state index >= 15 is 0 Å². The van der Waals surface area contributed by atoms with Gasteiger partial charge in [0, 0.05) is 30.5 Å². The molecular formula is C18H20ClN5O2. The molecule has 26 heavy (non-hydrogen) atoms. The van der Waals surface area contributed by atoms with Crippen LogP contribution in [0, 0.1) is 6.92 Å². The van der Waals surface area contributed by atoms with Gasteiger partial charge in [0.25, 0.3) is 5.91 Å². The van der Waals surface area contributed by atoms with Gasteiger partial charge in [-0.05, 0) is 49.7 Å². The van der Waals surface area contributed by atoms with Crippen LogP contribution in [0.25, 0.3) is 0 Å². The Morgan fingerprint density at radius 3 is 2.77 bits per heavy atom. The molecule has 0 saturated carbocycles. The Hall–Kier alpha value is -2.80. The monoisotopic (exact) mass is 373 g/mol. The van der Waals surface area contributed by atoms with Crippen molar-refractivity contribution in [3.63, 3.8) is 0 Å².